The summed E-state index contributed by atoms with van der Waals surface area (Å²) < 4.78 is 21.9. The van der Waals surface area contributed by atoms with E-state index in [2.05, 4.69) is 43.5 Å². The average Bonchev–Trinajstić information content (AvgIpc) is 3.04. The maximum Gasteiger partial charge on any atom is 0.472 e. The predicted molar refractivity (Wildman–Crippen MR) is 195 cm³/mol. The fraction of sp³-hybridized carbons (Fsp3) is 0.811. The quantitative estimate of drug-likeness (QED) is 0.0257. The van der Waals surface area contributed by atoms with E-state index in [-0.39, 0.29) is 19.6 Å². The Morgan fingerprint density at radius 1 is 0.723 bits per heavy atom. The van der Waals surface area contributed by atoms with Crippen LogP contribution in [0.3, 0.4) is 0 Å². The van der Waals surface area contributed by atoms with Gasteiger partial charge in [0.15, 0.2) is 0 Å². The third-order valence-electron chi connectivity index (χ3n) is 7.99. The maximum absolute atomic E-state index is 12.7. The zero-order valence-corrected chi connectivity index (χ0v) is 30.8. The summed E-state index contributed by atoms with van der Waals surface area (Å²) in [5.74, 6) is -0.466. The van der Waals surface area contributed by atoms with Crippen LogP contribution in [-0.2, 0) is 18.4 Å². The molecule has 276 valence electrons. The van der Waals surface area contributed by atoms with Gasteiger partial charge < -0.3 is 26.2 Å². The highest BCUT2D eigenvalue weighted by Crippen LogP contribution is 2.43. The normalized spacial score (nSPS) is 15.4. The Hall–Kier alpha value is -1.32. The van der Waals surface area contributed by atoms with Gasteiger partial charge in [-0.3, -0.25) is 13.8 Å². The fourth-order valence-electron chi connectivity index (χ4n) is 5.11. The number of hydrogen-bond acceptors (Lipinski definition) is 7. The monoisotopic (exact) mass is 686 g/mol. The van der Waals surface area contributed by atoms with Crippen LogP contribution in [0.25, 0.3) is 0 Å². The number of aliphatic hydroxyl groups excluding tert-OH is 2. The van der Waals surface area contributed by atoms with Crippen LogP contribution in [0.2, 0.25) is 0 Å². The molecule has 0 aliphatic rings. The van der Waals surface area contributed by atoms with Gasteiger partial charge >= 0.3 is 7.82 Å². The summed E-state index contributed by atoms with van der Waals surface area (Å²) >= 11 is 0. The summed E-state index contributed by atoms with van der Waals surface area (Å²) in [4.78, 5) is 22.5. The molecule has 0 spiro atoms. The molecule has 0 bridgehead atoms. The number of carbonyl (C=O) groups is 1. The van der Waals surface area contributed by atoms with Crippen LogP contribution in [0.5, 0.6) is 0 Å². The van der Waals surface area contributed by atoms with Gasteiger partial charge in [-0.2, -0.15) is 0 Å². The summed E-state index contributed by atoms with van der Waals surface area (Å²) in [6.45, 7) is 3.84. The Kier molecular flexibility index (Phi) is 32.3. The van der Waals surface area contributed by atoms with Gasteiger partial charge in [-0.1, -0.05) is 134 Å². The van der Waals surface area contributed by atoms with Crippen molar-refractivity contribution < 1.29 is 33.5 Å². The first-order chi connectivity index (χ1) is 22.8. The molecule has 6 N–H and O–H groups in total. The Morgan fingerprint density at radius 3 is 1.83 bits per heavy atom. The van der Waals surface area contributed by atoms with Gasteiger partial charge in [-0.25, -0.2) is 4.57 Å². The molecule has 0 aromatic rings. The number of carbonyl (C=O) groups excluding carboxylic acids is 1. The van der Waals surface area contributed by atoms with Crippen LogP contribution in [0.4, 0.5) is 0 Å². The molecular formula is C37H71N2O7P. The number of allylic oxidation sites excluding steroid dienone is 5. The highest BCUT2D eigenvalue weighted by atomic mass is 31.2. The molecule has 0 aromatic carbocycles. The maximum atomic E-state index is 12.7. The van der Waals surface area contributed by atoms with Gasteiger partial charge in [0.2, 0.25) is 5.91 Å². The Labute approximate surface area is 287 Å². The molecule has 4 unspecified atom stereocenters. The smallest absolute Gasteiger partial charge is 0.393 e. The minimum atomic E-state index is -4.39. The second kappa shape index (κ2) is 33.2. The summed E-state index contributed by atoms with van der Waals surface area (Å²) in [7, 11) is -4.39. The van der Waals surface area contributed by atoms with Crippen molar-refractivity contribution in [2.75, 3.05) is 19.8 Å². The van der Waals surface area contributed by atoms with Crippen molar-refractivity contribution in [1.82, 2.24) is 5.32 Å². The molecule has 0 rings (SSSR count). The van der Waals surface area contributed by atoms with E-state index in [1.54, 1.807) is 12.2 Å². The fourth-order valence-corrected chi connectivity index (χ4v) is 5.87. The summed E-state index contributed by atoms with van der Waals surface area (Å²) in [5.41, 5.74) is 5.32. The van der Waals surface area contributed by atoms with E-state index in [9.17, 15) is 24.5 Å². The molecule has 0 saturated carbocycles. The topological polar surface area (TPSA) is 151 Å². The molecule has 0 aliphatic carbocycles. The van der Waals surface area contributed by atoms with Gasteiger partial charge in [0.1, 0.15) is 0 Å². The van der Waals surface area contributed by atoms with Gasteiger partial charge in [0.25, 0.3) is 0 Å². The molecule has 1 amide bonds. The SMILES string of the molecule is CCCC/C=C/CC/C=C/C(O)C(COP(=O)(O)OCCN)NC(=O)CC(O)CCCCCCC/C=C\CCCCCCCCCC. The molecule has 0 radical (unpaired) electrons. The van der Waals surface area contributed by atoms with Crippen LogP contribution in [0, 0.1) is 0 Å². The molecule has 4 atom stereocenters. The van der Waals surface area contributed by atoms with E-state index in [0.29, 0.717) is 12.8 Å². The lowest BCUT2D eigenvalue weighted by Crippen LogP contribution is -2.46. The third-order valence-corrected chi connectivity index (χ3v) is 8.98. The number of phosphoric acid groups is 1. The number of hydrogen-bond donors (Lipinski definition) is 5. The number of unbranched alkanes of at least 4 members (excludes halogenated alkanes) is 16. The second-order valence-corrected chi connectivity index (χ2v) is 14.1. The molecule has 0 saturated heterocycles. The predicted octanol–water partition coefficient (Wildman–Crippen LogP) is 8.58. The van der Waals surface area contributed by atoms with E-state index >= 15 is 0 Å². The minimum absolute atomic E-state index is 0.0427. The summed E-state index contributed by atoms with van der Waals surface area (Å²) in [5, 5.41) is 23.8. The molecule has 0 aliphatic heterocycles. The van der Waals surface area contributed by atoms with Crippen molar-refractivity contribution in [3.63, 3.8) is 0 Å². The molecule has 9 nitrogen and oxygen atoms in total. The summed E-state index contributed by atoms with van der Waals surface area (Å²) in [6.07, 6.45) is 34.0. The standard InChI is InChI=1S/C37H71N2O7P/c1-3-5-7-9-11-13-14-15-16-17-18-19-20-21-22-24-26-28-34(40)32-37(42)39-35(33-46-47(43,44)45-31-30-38)36(41)29-27-25-23-12-10-8-6-4-2/h10,12,17-18,27,29,34-36,40-41H,3-9,11,13-16,19-26,28,30-33,38H2,1-2H3,(H,39,42)(H,43,44)/b12-10+,18-17-,29-27+. The Balaban J connectivity index is 4.33. The highest BCUT2D eigenvalue weighted by molar-refractivity contribution is 7.47. The average molecular weight is 687 g/mol. The summed E-state index contributed by atoms with van der Waals surface area (Å²) in [6, 6.07) is -0.998. The minimum Gasteiger partial charge on any atom is -0.393 e. The van der Waals surface area contributed by atoms with Crippen LogP contribution < -0.4 is 11.1 Å². The van der Waals surface area contributed by atoms with Crippen molar-refractivity contribution >= 4 is 13.7 Å². The highest BCUT2D eigenvalue weighted by Gasteiger charge is 2.27. The van der Waals surface area contributed by atoms with Gasteiger partial charge in [0, 0.05) is 6.54 Å². The van der Waals surface area contributed by atoms with Crippen molar-refractivity contribution in [1.29, 1.82) is 0 Å². The molecular weight excluding hydrogens is 615 g/mol. The number of phosphoric ester groups is 1. The zero-order valence-electron chi connectivity index (χ0n) is 29.9. The van der Waals surface area contributed by atoms with Crippen LogP contribution in [0.15, 0.2) is 36.5 Å². The third kappa shape index (κ3) is 31.7. The van der Waals surface area contributed by atoms with Crippen molar-refractivity contribution in [3.05, 3.63) is 36.5 Å². The Morgan fingerprint density at radius 2 is 1.23 bits per heavy atom. The first kappa shape index (κ1) is 45.7. The molecule has 0 heterocycles. The van der Waals surface area contributed by atoms with Gasteiger partial charge in [-0.05, 0) is 51.4 Å². The van der Waals surface area contributed by atoms with E-state index in [0.717, 1.165) is 57.8 Å². The van der Waals surface area contributed by atoms with Crippen LogP contribution in [0.1, 0.15) is 155 Å². The van der Waals surface area contributed by atoms with E-state index < -0.39 is 38.6 Å². The zero-order chi connectivity index (χ0) is 34.9. The van der Waals surface area contributed by atoms with E-state index in [4.69, 9.17) is 14.8 Å². The lowest BCUT2D eigenvalue weighted by molar-refractivity contribution is -0.124. The number of nitrogens with one attached hydrogen (secondary N) is 1. The van der Waals surface area contributed by atoms with Crippen LogP contribution >= 0.6 is 7.82 Å². The second-order valence-electron chi connectivity index (χ2n) is 12.6. The Bertz CT molecular complexity index is 853. The van der Waals surface area contributed by atoms with Crippen LogP contribution in [-0.4, -0.2) is 59.0 Å². The number of aliphatic hydroxyl groups is 2. The van der Waals surface area contributed by atoms with Crippen molar-refractivity contribution in [3.8, 4) is 0 Å². The molecule has 47 heavy (non-hydrogen) atoms. The molecule has 10 heteroatoms. The van der Waals surface area contributed by atoms with Crippen molar-refractivity contribution in [2.45, 2.75) is 173 Å². The van der Waals surface area contributed by atoms with Gasteiger partial charge in [-0.15, -0.1) is 0 Å². The number of nitrogens with two attached hydrogens (primary N) is 1. The first-order valence-corrected chi connectivity index (χ1v) is 20.2. The number of rotatable bonds is 34. The lowest BCUT2D eigenvalue weighted by Gasteiger charge is -2.24. The number of amides is 1. The van der Waals surface area contributed by atoms with Crippen molar-refractivity contribution in [2.24, 2.45) is 5.73 Å². The van der Waals surface area contributed by atoms with E-state index in [1.165, 1.54) is 64.2 Å². The lowest BCUT2D eigenvalue weighted by atomic mass is 10.0. The largest absolute Gasteiger partial charge is 0.472 e. The van der Waals surface area contributed by atoms with Gasteiger partial charge in [0.05, 0.1) is 37.9 Å². The van der Waals surface area contributed by atoms with E-state index in [1.807, 2.05) is 0 Å². The molecule has 0 fully saturated rings. The first-order valence-electron chi connectivity index (χ1n) is 18.7. The molecule has 0 aromatic heterocycles.